The predicted octanol–water partition coefficient (Wildman–Crippen LogP) is 5.07. The molecule has 4 heterocycles. The zero-order chi connectivity index (χ0) is 19.6. The van der Waals surface area contributed by atoms with E-state index >= 15 is 0 Å². The summed E-state index contributed by atoms with van der Waals surface area (Å²) in [4.78, 5) is 20.4. The van der Waals surface area contributed by atoms with Crippen LogP contribution < -0.4 is 0 Å². The molecule has 0 saturated heterocycles. The molecule has 3 nitrogen and oxygen atoms in total. The van der Waals surface area contributed by atoms with Gasteiger partial charge in [-0.05, 0) is 52.4 Å². The number of carbonyl (C=O) groups is 1. The molecule has 1 atom stereocenters. The molecule has 2 aromatic heterocycles. The molecule has 0 aliphatic carbocycles. The minimum Gasteiger partial charge on any atom is -0.329 e. The lowest BCUT2D eigenvalue weighted by molar-refractivity contribution is -0.134. The van der Waals surface area contributed by atoms with Gasteiger partial charge in [0.15, 0.2) is 0 Å². The van der Waals surface area contributed by atoms with E-state index in [1.807, 2.05) is 11.3 Å². The molecule has 0 fully saturated rings. The van der Waals surface area contributed by atoms with E-state index in [-0.39, 0.29) is 11.9 Å². The van der Waals surface area contributed by atoms with Crippen LogP contribution in [0.5, 0.6) is 0 Å². The van der Waals surface area contributed by atoms with E-state index in [2.05, 4.69) is 75.2 Å². The molecule has 0 saturated carbocycles. The summed E-state index contributed by atoms with van der Waals surface area (Å²) in [5, 5.41) is 4.28. The Hall–Kier alpha value is -2.21. The van der Waals surface area contributed by atoms with Crippen LogP contribution in [-0.4, -0.2) is 41.9 Å². The average Bonchev–Trinajstić information content (AvgIpc) is 3.46. The van der Waals surface area contributed by atoms with Crippen LogP contribution >= 0.6 is 22.7 Å². The average molecular weight is 421 g/mol. The van der Waals surface area contributed by atoms with Crippen LogP contribution in [0.15, 0.2) is 65.4 Å². The van der Waals surface area contributed by atoms with Crippen molar-refractivity contribution in [2.24, 2.45) is 0 Å². The number of fused-ring (bicyclic) bond motifs is 1. The molecule has 5 heteroatoms. The van der Waals surface area contributed by atoms with Gasteiger partial charge in [0.2, 0.25) is 5.91 Å². The fraction of sp³-hybridized carbons (Fsp3) is 0.292. The van der Waals surface area contributed by atoms with Gasteiger partial charge in [0.1, 0.15) is 0 Å². The Morgan fingerprint density at radius 1 is 0.966 bits per heavy atom. The first-order valence-corrected chi connectivity index (χ1v) is 11.9. The van der Waals surface area contributed by atoms with Crippen LogP contribution in [0.1, 0.15) is 33.3 Å². The molecule has 0 N–H and O–H groups in total. The summed E-state index contributed by atoms with van der Waals surface area (Å²) < 4.78 is 0. The number of benzene rings is 1. The minimum atomic E-state index is 0.0812. The number of carbonyl (C=O) groups excluding carboxylic acids is 1. The predicted molar refractivity (Wildman–Crippen MR) is 121 cm³/mol. The molecule has 0 unspecified atom stereocenters. The maximum absolute atomic E-state index is 13.3. The quantitative estimate of drug-likeness (QED) is 0.588. The van der Waals surface area contributed by atoms with Crippen LogP contribution in [0.4, 0.5) is 0 Å². The summed E-state index contributed by atoms with van der Waals surface area (Å²) in [6.45, 7) is 3.10. The van der Waals surface area contributed by atoms with Crippen molar-refractivity contribution in [2.45, 2.75) is 18.9 Å². The normalized spacial score (nSPS) is 19.7. The van der Waals surface area contributed by atoms with Crippen molar-refractivity contribution in [1.29, 1.82) is 0 Å². The van der Waals surface area contributed by atoms with Crippen molar-refractivity contribution >= 4 is 34.2 Å². The fourth-order valence-corrected chi connectivity index (χ4v) is 6.15. The lowest BCUT2D eigenvalue weighted by Crippen LogP contribution is -2.45. The second kappa shape index (κ2) is 8.27. The van der Waals surface area contributed by atoms with Gasteiger partial charge >= 0.3 is 0 Å². The van der Waals surface area contributed by atoms with Crippen molar-refractivity contribution < 1.29 is 4.79 Å². The molecule has 2 aliphatic heterocycles. The Kier molecular flexibility index (Phi) is 5.36. The van der Waals surface area contributed by atoms with Gasteiger partial charge in [-0.1, -0.05) is 42.5 Å². The molecule has 1 aromatic carbocycles. The maximum Gasteiger partial charge on any atom is 0.237 e. The zero-order valence-electron chi connectivity index (χ0n) is 16.3. The highest BCUT2D eigenvalue weighted by atomic mass is 32.1. The fourth-order valence-electron chi connectivity index (χ4n) is 4.39. The molecular weight excluding hydrogens is 396 g/mol. The number of hydrogen-bond donors (Lipinski definition) is 0. The summed E-state index contributed by atoms with van der Waals surface area (Å²) in [6, 6.07) is 17.1. The molecular formula is C24H24N2OS2. The summed E-state index contributed by atoms with van der Waals surface area (Å²) in [7, 11) is 0. The molecule has 148 valence electrons. The summed E-state index contributed by atoms with van der Waals surface area (Å²) in [6.07, 6.45) is 4.26. The number of rotatable bonds is 4. The van der Waals surface area contributed by atoms with E-state index in [1.54, 1.807) is 11.3 Å². The van der Waals surface area contributed by atoms with Crippen molar-refractivity contribution in [2.75, 3.05) is 26.2 Å². The molecule has 0 bridgehead atoms. The third-order valence-electron chi connectivity index (χ3n) is 5.90. The number of hydrogen-bond acceptors (Lipinski definition) is 4. The Bertz CT molecular complexity index is 1010. The van der Waals surface area contributed by atoms with Gasteiger partial charge in [0, 0.05) is 29.4 Å². The monoisotopic (exact) mass is 420 g/mol. The van der Waals surface area contributed by atoms with E-state index in [0.29, 0.717) is 6.54 Å². The van der Waals surface area contributed by atoms with Crippen molar-refractivity contribution in [3.8, 4) is 0 Å². The third-order valence-corrected chi connectivity index (χ3v) is 7.82. The van der Waals surface area contributed by atoms with E-state index < -0.39 is 0 Å². The smallest absolute Gasteiger partial charge is 0.237 e. The Labute approximate surface area is 179 Å². The van der Waals surface area contributed by atoms with Crippen molar-refractivity contribution in [1.82, 2.24) is 9.80 Å². The van der Waals surface area contributed by atoms with Crippen molar-refractivity contribution in [3.63, 3.8) is 0 Å². The highest BCUT2D eigenvalue weighted by Crippen LogP contribution is 2.39. The summed E-state index contributed by atoms with van der Waals surface area (Å²) in [5.74, 6) is 0.247. The van der Waals surface area contributed by atoms with E-state index in [9.17, 15) is 4.79 Å². The van der Waals surface area contributed by atoms with E-state index in [1.165, 1.54) is 26.5 Å². The van der Waals surface area contributed by atoms with Gasteiger partial charge in [-0.15, -0.1) is 22.7 Å². The van der Waals surface area contributed by atoms with Gasteiger partial charge in [-0.25, -0.2) is 0 Å². The highest BCUT2D eigenvalue weighted by Gasteiger charge is 2.34. The number of amides is 1. The molecule has 2 aliphatic rings. The standard InChI is InChI=1S/C24H24N2OS2/c27-23(17-25-12-8-19(9-13-25)18-5-2-1-3-6-18)26-14-10-21-20(11-16-29-21)24(26)22-7-4-15-28-22/h1-8,11,15-16,24H,9-10,12-14,17H2/t24-/m1/s1. The molecule has 29 heavy (non-hydrogen) atoms. The van der Waals surface area contributed by atoms with E-state index in [0.717, 1.165) is 32.5 Å². The summed E-state index contributed by atoms with van der Waals surface area (Å²) >= 11 is 3.57. The van der Waals surface area contributed by atoms with Gasteiger partial charge in [-0.2, -0.15) is 0 Å². The SMILES string of the molecule is O=C(CN1CC=C(c2ccccc2)CC1)N1CCc2sccc2[C@@H]1c1cccs1. The molecule has 3 aromatic rings. The molecule has 0 spiro atoms. The minimum absolute atomic E-state index is 0.0812. The zero-order valence-corrected chi connectivity index (χ0v) is 17.9. The Morgan fingerprint density at radius 3 is 2.62 bits per heavy atom. The summed E-state index contributed by atoms with van der Waals surface area (Å²) in [5.41, 5.74) is 4.02. The van der Waals surface area contributed by atoms with Crippen LogP contribution in [0.2, 0.25) is 0 Å². The van der Waals surface area contributed by atoms with Crippen molar-refractivity contribution in [3.05, 3.63) is 86.2 Å². The van der Waals surface area contributed by atoms with Gasteiger partial charge in [0.05, 0.1) is 12.6 Å². The van der Waals surface area contributed by atoms with Crippen LogP contribution in [0, 0.1) is 0 Å². The van der Waals surface area contributed by atoms with E-state index in [4.69, 9.17) is 0 Å². The largest absolute Gasteiger partial charge is 0.329 e. The Morgan fingerprint density at radius 2 is 1.86 bits per heavy atom. The van der Waals surface area contributed by atoms with Crippen LogP contribution in [0.25, 0.3) is 5.57 Å². The molecule has 1 amide bonds. The first-order chi connectivity index (χ1) is 14.3. The lowest BCUT2D eigenvalue weighted by Gasteiger charge is -2.37. The van der Waals surface area contributed by atoms with Crippen LogP contribution in [-0.2, 0) is 11.2 Å². The number of thiophene rings is 2. The lowest BCUT2D eigenvalue weighted by atomic mass is 9.98. The second-order valence-corrected chi connectivity index (χ2v) is 9.61. The molecule has 0 radical (unpaired) electrons. The topological polar surface area (TPSA) is 23.6 Å². The second-order valence-electron chi connectivity index (χ2n) is 7.63. The first-order valence-electron chi connectivity index (χ1n) is 10.2. The maximum atomic E-state index is 13.3. The van der Waals surface area contributed by atoms with Gasteiger partial charge in [0.25, 0.3) is 0 Å². The molecule has 5 rings (SSSR count). The third kappa shape index (κ3) is 3.82. The number of nitrogens with zero attached hydrogens (tertiary/aromatic N) is 2. The van der Waals surface area contributed by atoms with Crippen LogP contribution in [0.3, 0.4) is 0 Å². The Balaban J connectivity index is 1.30. The highest BCUT2D eigenvalue weighted by molar-refractivity contribution is 7.10. The first kappa shape index (κ1) is 18.8. The van der Waals surface area contributed by atoms with Gasteiger partial charge < -0.3 is 4.90 Å². The van der Waals surface area contributed by atoms with Gasteiger partial charge in [-0.3, -0.25) is 9.69 Å².